The molecule has 1 N–H and O–H groups in total. The third-order valence-electron chi connectivity index (χ3n) is 4.69. The van der Waals surface area contributed by atoms with Gasteiger partial charge in [-0.1, -0.05) is 30.3 Å². The molecule has 1 aromatic heterocycles. The number of aromatic nitrogens is 1. The number of esters is 1. The van der Waals surface area contributed by atoms with E-state index in [4.69, 9.17) is 4.74 Å². The zero-order chi connectivity index (χ0) is 19.8. The first-order valence-electron chi connectivity index (χ1n) is 8.60. The smallest absolute Gasteiger partial charge is 0.347 e. The van der Waals surface area contributed by atoms with Crippen molar-refractivity contribution in [3.63, 3.8) is 0 Å². The fourth-order valence-corrected chi connectivity index (χ4v) is 3.23. The molecule has 3 aromatic carbocycles. The molecule has 4 rings (SSSR count). The van der Waals surface area contributed by atoms with Crippen molar-refractivity contribution in [3.8, 4) is 17.2 Å². The second-order valence-electron chi connectivity index (χ2n) is 6.37. The Labute approximate surface area is 160 Å². The molecule has 140 valence electrons. The molecule has 0 aliphatic carbocycles. The number of benzene rings is 3. The van der Waals surface area contributed by atoms with E-state index in [-0.39, 0.29) is 0 Å². The number of fused-ring (bicyclic) bond motifs is 2. The lowest BCUT2D eigenvalue weighted by molar-refractivity contribution is 0.0595. The predicted octanol–water partition coefficient (Wildman–Crippen LogP) is 3.98. The zero-order valence-corrected chi connectivity index (χ0v) is 15.3. The van der Waals surface area contributed by atoms with E-state index in [1.807, 2.05) is 42.5 Å². The van der Waals surface area contributed by atoms with Crippen LogP contribution in [0.1, 0.15) is 10.4 Å². The third-order valence-corrected chi connectivity index (χ3v) is 4.69. The summed E-state index contributed by atoms with van der Waals surface area (Å²) in [6.07, 6.45) is 0. The van der Waals surface area contributed by atoms with E-state index in [1.165, 1.54) is 11.6 Å². The predicted molar refractivity (Wildman–Crippen MR) is 106 cm³/mol. The van der Waals surface area contributed by atoms with Crippen molar-refractivity contribution in [1.82, 2.24) is 4.57 Å². The second kappa shape index (κ2) is 6.74. The van der Waals surface area contributed by atoms with Gasteiger partial charge in [0.25, 0.3) is 5.56 Å². The molecule has 0 amide bonds. The normalized spacial score (nSPS) is 10.9. The van der Waals surface area contributed by atoms with Gasteiger partial charge in [0.2, 0.25) is 0 Å². The van der Waals surface area contributed by atoms with E-state index in [0.29, 0.717) is 22.4 Å². The fourth-order valence-electron chi connectivity index (χ4n) is 3.23. The first-order valence-corrected chi connectivity index (χ1v) is 8.60. The number of ether oxygens (including phenoxy) is 2. The quantitative estimate of drug-likeness (QED) is 0.548. The zero-order valence-electron chi connectivity index (χ0n) is 15.3. The van der Waals surface area contributed by atoms with Crippen molar-refractivity contribution >= 4 is 27.6 Å². The minimum absolute atomic E-state index is 0.320. The first-order chi connectivity index (χ1) is 13.5. The molecule has 0 aliphatic heterocycles. The Kier molecular flexibility index (Phi) is 4.24. The molecular formula is C22H17NO5. The first kappa shape index (κ1) is 17.6. The van der Waals surface area contributed by atoms with E-state index >= 15 is 0 Å². The average Bonchev–Trinajstić information content (AvgIpc) is 2.72. The van der Waals surface area contributed by atoms with Crippen LogP contribution in [0.5, 0.6) is 17.2 Å². The highest BCUT2D eigenvalue weighted by Crippen LogP contribution is 2.32. The minimum Gasteiger partial charge on any atom is -0.506 e. The molecule has 0 saturated heterocycles. The maximum atomic E-state index is 12.4. The van der Waals surface area contributed by atoms with Crippen molar-refractivity contribution in [1.29, 1.82) is 0 Å². The van der Waals surface area contributed by atoms with Gasteiger partial charge in [-0.2, -0.15) is 0 Å². The van der Waals surface area contributed by atoms with Crippen LogP contribution in [0.15, 0.2) is 65.5 Å². The summed E-state index contributed by atoms with van der Waals surface area (Å²) in [5.74, 6) is -0.210. The molecule has 0 spiro atoms. The van der Waals surface area contributed by atoms with Gasteiger partial charge < -0.3 is 19.1 Å². The molecule has 6 nitrogen and oxygen atoms in total. The van der Waals surface area contributed by atoms with Crippen molar-refractivity contribution in [3.05, 3.63) is 76.6 Å². The van der Waals surface area contributed by atoms with Crippen LogP contribution in [-0.4, -0.2) is 22.8 Å². The molecule has 0 radical (unpaired) electrons. The number of methoxy groups -OCH3 is 1. The van der Waals surface area contributed by atoms with Crippen LogP contribution in [0, 0.1) is 0 Å². The number of carbonyl (C=O) groups is 1. The van der Waals surface area contributed by atoms with Crippen LogP contribution >= 0.6 is 0 Å². The number of hydrogen-bond donors (Lipinski definition) is 1. The van der Waals surface area contributed by atoms with E-state index in [9.17, 15) is 14.7 Å². The van der Waals surface area contributed by atoms with Gasteiger partial charge in [-0.25, -0.2) is 4.79 Å². The molecule has 0 saturated carbocycles. The molecule has 0 bridgehead atoms. The van der Waals surface area contributed by atoms with E-state index in [0.717, 1.165) is 17.9 Å². The molecule has 28 heavy (non-hydrogen) atoms. The summed E-state index contributed by atoms with van der Waals surface area (Å²) in [6.45, 7) is 0. The lowest BCUT2D eigenvalue weighted by Crippen LogP contribution is -2.25. The molecule has 1 heterocycles. The van der Waals surface area contributed by atoms with Crippen LogP contribution in [0.3, 0.4) is 0 Å². The van der Waals surface area contributed by atoms with Crippen LogP contribution < -0.4 is 10.3 Å². The van der Waals surface area contributed by atoms with Gasteiger partial charge in [-0.05, 0) is 41.1 Å². The largest absolute Gasteiger partial charge is 0.506 e. The highest BCUT2D eigenvalue weighted by atomic mass is 16.5. The number of carbonyl (C=O) groups excluding carboxylic acids is 1. The summed E-state index contributed by atoms with van der Waals surface area (Å²) in [6, 6.07) is 18.6. The Morgan fingerprint density at radius 2 is 1.64 bits per heavy atom. The van der Waals surface area contributed by atoms with Gasteiger partial charge in [0.15, 0.2) is 5.56 Å². The third kappa shape index (κ3) is 2.85. The number of hydrogen-bond acceptors (Lipinski definition) is 5. The molecule has 0 aliphatic rings. The van der Waals surface area contributed by atoms with Crippen LogP contribution in [0.4, 0.5) is 0 Å². The standard InChI is InChI=1S/C22H17NO5/c1-23-18-10-9-16(12-17(18)20(24)19(21(23)25)22(26)27-2)28-15-8-7-13-5-3-4-6-14(13)11-15/h3-12,24H,1-2H3. The van der Waals surface area contributed by atoms with Crippen molar-refractivity contribution in [2.45, 2.75) is 0 Å². The van der Waals surface area contributed by atoms with Crippen LogP contribution in [0.25, 0.3) is 21.7 Å². The average molecular weight is 375 g/mol. The summed E-state index contributed by atoms with van der Waals surface area (Å²) in [5.41, 5.74) is -0.554. The number of nitrogens with zero attached hydrogens (tertiary/aromatic N) is 1. The monoisotopic (exact) mass is 375 g/mol. The lowest BCUT2D eigenvalue weighted by Gasteiger charge is -2.13. The maximum absolute atomic E-state index is 12.4. The SMILES string of the molecule is COC(=O)c1c(O)c2cc(Oc3ccc4ccccc4c3)ccc2n(C)c1=O. The Morgan fingerprint density at radius 1 is 0.964 bits per heavy atom. The van der Waals surface area contributed by atoms with Gasteiger partial charge in [-0.3, -0.25) is 4.79 Å². The molecule has 0 unspecified atom stereocenters. The number of pyridine rings is 1. The Balaban J connectivity index is 1.82. The van der Waals surface area contributed by atoms with Gasteiger partial charge in [0.05, 0.1) is 12.6 Å². The van der Waals surface area contributed by atoms with Gasteiger partial charge >= 0.3 is 5.97 Å². The highest BCUT2D eigenvalue weighted by molar-refractivity contribution is 5.99. The number of rotatable bonds is 3. The van der Waals surface area contributed by atoms with Gasteiger partial charge in [0, 0.05) is 12.4 Å². The Bertz CT molecular complexity index is 1290. The maximum Gasteiger partial charge on any atom is 0.347 e. The van der Waals surface area contributed by atoms with Crippen LogP contribution in [0.2, 0.25) is 0 Å². The molecule has 0 fully saturated rings. The van der Waals surface area contributed by atoms with Crippen molar-refractivity contribution in [2.24, 2.45) is 7.05 Å². The minimum atomic E-state index is -0.888. The Morgan fingerprint density at radius 3 is 2.39 bits per heavy atom. The summed E-state index contributed by atoms with van der Waals surface area (Å²) in [5, 5.41) is 13.0. The topological polar surface area (TPSA) is 77.8 Å². The Hall–Kier alpha value is -3.80. The lowest BCUT2D eigenvalue weighted by atomic mass is 10.1. The molecule has 6 heteroatoms. The summed E-state index contributed by atoms with van der Waals surface area (Å²) in [7, 11) is 2.69. The number of aromatic hydroxyl groups is 1. The molecular weight excluding hydrogens is 358 g/mol. The second-order valence-corrected chi connectivity index (χ2v) is 6.37. The highest BCUT2D eigenvalue weighted by Gasteiger charge is 2.22. The molecule has 4 aromatic rings. The summed E-state index contributed by atoms with van der Waals surface area (Å²) < 4.78 is 11.8. The van der Waals surface area contributed by atoms with E-state index in [1.54, 1.807) is 18.2 Å². The van der Waals surface area contributed by atoms with Gasteiger partial charge in [-0.15, -0.1) is 0 Å². The molecule has 0 atom stereocenters. The summed E-state index contributed by atoms with van der Waals surface area (Å²) >= 11 is 0. The fraction of sp³-hybridized carbons (Fsp3) is 0.0909. The van der Waals surface area contributed by atoms with Crippen molar-refractivity contribution < 1.29 is 19.4 Å². The number of aryl methyl sites for hydroxylation is 1. The summed E-state index contributed by atoms with van der Waals surface area (Å²) in [4.78, 5) is 24.3. The van der Waals surface area contributed by atoms with Crippen LogP contribution in [-0.2, 0) is 11.8 Å². The van der Waals surface area contributed by atoms with E-state index in [2.05, 4.69) is 4.74 Å². The van der Waals surface area contributed by atoms with E-state index < -0.39 is 22.8 Å². The van der Waals surface area contributed by atoms with Crippen molar-refractivity contribution in [2.75, 3.05) is 7.11 Å². The van der Waals surface area contributed by atoms with Gasteiger partial charge in [0.1, 0.15) is 17.2 Å².